The molecule has 15 heavy (non-hydrogen) atoms. The number of rotatable bonds is 2. The molecule has 0 fully saturated rings. The van der Waals surface area contributed by atoms with E-state index in [-0.39, 0.29) is 0 Å². The van der Waals surface area contributed by atoms with Gasteiger partial charge < -0.3 is 4.74 Å². The van der Waals surface area contributed by atoms with Gasteiger partial charge in [-0.3, -0.25) is 0 Å². The van der Waals surface area contributed by atoms with Gasteiger partial charge in [0.25, 0.3) is 0 Å². The van der Waals surface area contributed by atoms with Crippen LogP contribution in [0, 0.1) is 6.92 Å². The summed E-state index contributed by atoms with van der Waals surface area (Å²) in [4.78, 5) is 0. The zero-order valence-electron chi connectivity index (χ0n) is 10.1. The van der Waals surface area contributed by atoms with Crippen molar-refractivity contribution in [1.29, 1.82) is 0 Å². The molecule has 0 aliphatic carbocycles. The number of allylic oxidation sites excluding steroid dienone is 2. The fourth-order valence-corrected chi connectivity index (χ4v) is 1.14. The lowest BCUT2D eigenvalue weighted by molar-refractivity contribution is 0.339. The van der Waals surface area contributed by atoms with Crippen molar-refractivity contribution in [2.24, 2.45) is 0 Å². The lowest BCUT2D eigenvalue weighted by Gasteiger charge is -2.01. The normalized spacial score (nSPS) is 10.0. The molecule has 0 amide bonds. The maximum Gasteiger partial charge on any atom is 0.0859 e. The fourth-order valence-electron chi connectivity index (χ4n) is 1.14. The Hall–Kier alpha value is -1.50. The molecule has 1 aromatic carbocycles. The van der Waals surface area contributed by atoms with E-state index in [2.05, 4.69) is 37.8 Å². The van der Waals surface area contributed by atoms with Gasteiger partial charge in [-0.15, -0.1) is 6.58 Å². The molecule has 82 valence electrons. The van der Waals surface area contributed by atoms with Crippen LogP contribution in [-0.4, -0.2) is 7.11 Å². The molecule has 0 unspecified atom stereocenters. The first kappa shape index (κ1) is 13.5. The number of ether oxygens (including phenoxy) is 1. The summed E-state index contributed by atoms with van der Waals surface area (Å²) in [6, 6.07) is 8.37. The highest BCUT2D eigenvalue weighted by Gasteiger charge is 1.94. The highest BCUT2D eigenvalue weighted by Crippen LogP contribution is 2.14. The summed E-state index contributed by atoms with van der Waals surface area (Å²) in [6.45, 7) is 9.38. The molecule has 1 nitrogen and oxygen atoms in total. The molecule has 1 aromatic rings. The number of hydrogen-bond donors (Lipinski definition) is 0. The maximum atomic E-state index is 4.94. The first-order chi connectivity index (χ1) is 7.15. The van der Waals surface area contributed by atoms with E-state index in [1.54, 1.807) is 19.4 Å². The first-order valence-corrected chi connectivity index (χ1v) is 4.99. The van der Waals surface area contributed by atoms with E-state index in [0.29, 0.717) is 0 Å². The smallest absolute Gasteiger partial charge is 0.0859 e. The van der Waals surface area contributed by atoms with Crippen LogP contribution in [0.15, 0.2) is 43.2 Å². The molecular formula is C14H20O. The van der Waals surface area contributed by atoms with Gasteiger partial charge in [-0.25, -0.2) is 0 Å². The molecule has 0 N–H and O–H groups in total. The maximum absolute atomic E-state index is 4.94. The Bertz CT molecular complexity index is 324. The highest BCUT2D eigenvalue weighted by atomic mass is 16.5. The average molecular weight is 204 g/mol. The number of hydrogen-bond acceptors (Lipinski definition) is 1. The standard InChI is InChI=1S/C11H14O.C3H6/c1-9-5-4-6-11(7-9)10(2)8-12-3;1-3-2/h4-8H,1-3H3;3H,1H2,2H3/b10-8+;. The molecule has 1 heteroatoms. The third kappa shape index (κ3) is 5.74. The fraction of sp³-hybridized carbons (Fsp3) is 0.286. The van der Waals surface area contributed by atoms with E-state index >= 15 is 0 Å². The van der Waals surface area contributed by atoms with Gasteiger partial charge in [0, 0.05) is 0 Å². The topological polar surface area (TPSA) is 9.23 Å². The minimum atomic E-state index is 1.15. The number of methoxy groups -OCH3 is 1. The zero-order valence-corrected chi connectivity index (χ0v) is 10.1. The van der Waals surface area contributed by atoms with Gasteiger partial charge in [0.2, 0.25) is 0 Å². The minimum Gasteiger partial charge on any atom is -0.504 e. The zero-order chi connectivity index (χ0) is 11.7. The van der Waals surface area contributed by atoms with Gasteiger partial charge in [0.15, 0.2) is 0 Å². The summed E-state index contributed by atoms with van der Waals surface area (Å²) in [5, 5.41) is 0. The average Bonchev–Trinajstić information content (AvgIpc) is 2.19. The number of benzene rings is 1. The monoisotopic (exact) mass is 204 g/mol. The molecule has 0 bridgehead atoms. The molecular weight excluding hydrogens is 184 g/mol. The van der Waals surface area contributed by atoms with Gasteiger partial charge in [-0.2, -0.15) is 0 Å². The third-order valence-corrected chi connectivity index (χ3v) is 1.77. The van der Waals surface area contributed by atoms with E-state index < -0.39 is 0 Å². The Labute approximate surface area is 93.1 Å². The predicted octanol–water partition coefficient (Wildman–Crippen LogP) is 4.19. The van der Waals surface area contributed by atoms with Gasteiger partial charge in [-0.05, 0) is 31.9 Å². The van der Waals surface area contributed by atoms with E-state index in [0.717, 1.165) is 5.57 Å². The Morgan fingerprint density at radius 1 is 1.40 bits per heavy atom. The molecule has 0 aliphatic rings. The van der Waals surface area contributed by atoms with Crippen LogP contribution in [0.5, 0.6) is 0 Å². The van der Waals surface area contributed by atoms with E-state index in [4.69, 9.17) is 4.74 Å². The highest BCUT2D eigenvalue weighted by molar-refractivity contribution is 5.63. The molecule has 0 heterocycles. The van der Waals surface area contributed by atoms with Crippen LogP contribution in [0.4, 0.5) is 0 Å². The second kappa shape index (κ2) is 7.86. The van der Waals surface area contributed by atoms with Crippen molar-refractivity contribution in [2.75, 3.05) is 7.11 Å². The van der Waals surface area contributed by atoms with E-state index in [1.807, 2.05) is 13.8 Å². The lowest BCUT2D eigenvalue weighted by atomic mass is 10.1. The molecule has 0 spiro atoms. The van der Waals surface area contributed by atoms with Crippen molar-refractivity contribution >= 4 is 5.57 Å². The van der Waals surface area contributed by atoms with Gasteiger partial charge >= 0.3 is 0 Å². The minimum absolute atomic E-state index is 1.15. The lowest BCUT2D eigenvalue weighted by Crippen LogP contribution is -1.81. The quantitative estimate of drug-likeness (QED) is 0.518. The van der Waals surface area contributed by atoms with Crippen molar-refractivity contribution in [3.8, 4) is 0 Å². The van der Waals surface area contributed by atoms with E-state index in [9.17, 15) is 0 Å². The molecule has 0 saturated heterocycles. The summed E-state index contributed by atoms with van der Waals surface area (Å²) >= 11 is 0. The van der Waals surface area contributed by atoms with Crippen molar-refractivity contribution in [2.45, 2.75) is 20.8 Å². The Morgan fingerprint density at radius 2 is 2.00 bits per heavy atom. The predicted molar refractivity (Wildman–Crippen MR) is 67.7 cm³/mol. The van der Waals surface area contributed by atoms with Crippen molar-refractivity contribution in [3.05, 3.63) is 54.3 Å². The first-order valence-electron chi connectivity index (χ1n) is 4.99. The summed E-state index contributed by atoms with van der Waals surface area (Å²) in [5.41, 5.74) is 3.65. The second-order valence-electron chi connectivity index (χ2n) is 3.31. The number of aryl methyl sites for hydroxylation is 1. The second-order valence-corrected chi connectivity index (χ2v) is 3.31. The Balaban J connectivity index is 0.000000583. The van der Waals surface area contributed by atoms with Crippen molar-refractivity contribution < 1.29 is 4.74 Å². The van der Waals surface area contributed by atoms with Crippen molar-refractivity contribution in [3.63, 3.8) is 0 Å². The van der Waals surface area contributed by atoms with E-state index in [1.165, 1.54) is 11.1 Å². The summed E-state index contributed by atoms with van der Waals surface area (Å²) in [5.74, 6) is 0. The van der Waals surface area contributed by atoms with Crippen LogP contribution in [0.25, 0.3) is 5.57 Å². The summed E-state index contributed by atoms with van der Waals surface area (Å²) in [6.07, 6.45) is 3.51. The Morgan fingerprint density at radius 3 is 2.47 bits per heavy atom. The van der Waals surface area contributed by atoms with Gasteiger partial charge in [0.1, 0.15) is 0 Å². The van der Waals surface area contributed by atoms with Crippen LogP contribution in [0.3, 0.4) is 0 Å². The van der Waals surface area contributed by atoms with Gasteiger partial charge in [-0.1, -0.05) is 35.9 Å². The molecule has 0 atom stereocenters. The SMILES string of the molecule is C=CC.CO/C=C(\C)c1cccc(C)c1. The molecule has 0 aliphatic heterocycles. The van der Waals surface area contributed by atoms with Crippen LogP contribution < -0.4 is 0 Å². The van der Waals surface area contributed by atoms with Gasteiger partial charge in [0.05, 0.1) is 13.4 Å². The Kier molecular flexibility index (Phi) is 7.08. The third-order valence-electron chi connectivity index (χ3n) is 1.77. The summed E-state index contributed by atoms with van der Waals surface area (Å²) < 4.78 is 4.94. The molecule has 1 rings (SSSR count). The largest absolute Gasteiger partial charge is 0.504 e. The van der Waals surface area contributed by atoms with Crippen molar-refractivity contribution in [1.82, 2.24) is 0 Å². The van der Waals surface area contributed by atoms with Crippen LogP contribution in [0.2, 0.25) is 0 Å². The molecule has 0 radical (unpaired) electrons. The van der Waals surface area contributed by atoms with Crippen LogP contribution in [-0.2, 0) is 4.74 Å². The molecule has 0 saturated carbocycles. The van der Waals surface area contributed by atoms with Crippen LogP contribution >= 0.6 is 0 Å². The molecule has 0 aromatic heterocycles. The van der Waals surface area contributed by atoms with Crippen LogP contribution in [0.1, 0.15) is 25.0 Å². The summed E-state index contributed by atoms with van der Waals surface area (Å²) in [7, 11) is 1.67.